The Bertz CT molecular complexity index is 762. The van der Waals surface area contributed by atoms with Crippen LogP contribution in [0.5, 0.6) is 0 Å². The van der Waals surface area contributed by atoms with E-state index < -0.39 is 11.7 Å². The predicted molar refractivity (Wildman–Crippen MR) is 87.4 cm³/mol. The number of nitrogens with zero attached hydrogens (tertiary/aromatic N) is 1. The average Bonchev–Trinajstić information content (AvgIpc) is 2.96. The summed E-state index contributed by atoms with van der Waals surface area (Å²) in [5.74, 6) is -1.11. The first kappa shape index (κ1) is 15.5. The summed E-state index contributed by atoms with van der Waals surface area (Å²) in [4.78, 5) is 25.5. The molecule has 0 unspecified atom stereocenters. The second-order valence-electron chi connectivity index (χ2n) is 5.27. The van der Waals surface area contributed by atoms with Gasteiger partial charge in [-0.3, -0.25) is 9.59 Å². The summed E-state index contributed by atoms with van der Waals surface area (Å²) in [6.45, 7) is 0.707. The fraction of sp³-hybridized carbons (Fsp3) is 0.176. The van der Waals surface area contributed by atoms with E-state index in [1.807, 2.05) is 0 Å². The number of benzene rings is 2. The van der Waals surface area contributed by atoms with E-state index in [9.17, 15) is 14.0 Å². The number of nitrogens with one attached hydrogen (secondary N) is 1. The summed E-state index contributed by atoms with van der Waals surface area (Å²) in [7, 11) is 0. The van der Waals surface area contributed by atoms with Crippen molar-refractivity contribution in [2.45, 2.75) is 12.8 Å². The van der Waals surface area contributed by atoms with E-state index in [1.165, 1.54) is 12.1 Å². The molecule has 1 saturated heterocycles. The molecular formula is C17H14ClFN2O2. The van der Waals surface area contributed by atoms with Crippen molar-refractivity contribution in [3.8, 4) is 0 Å². The van der Waals surface area contributed by atoms with Crippen molar-refractivity contribution >= 4 is 34.8 Å². The van der Waals surface area contributed by atoms with Crippen molar-refractivity contribution in [2.75, 3.05) is 16.8 Å². The van der Waals surface area contributed by atoms with Crippen molar-refractivity contribution in [1.29, 1.82) is 0 Å². The van der Waals surface area contributed by atoms with Crippen LogP contribution in [0.2, 0.25) is 5.02 Å². The largest absolute Gasteiger partial charge is 0.322 e. The van der Waals surface area contributed by atoms with E-state index in [0.29, 0.717) is 23.7 Å². The lowest BCUT2D eigenvalue weighted by Gasteiger charge is -2.16. The molecule has 0 aromatic heterocycles. The van der Waals surface area contributed by atoms with Crippen LogP contribution < -0.4 is 10.2 Å². The molecule has 0 radical (unpaired) electrons. The lowest BCUT2D eigenvalue weighted by atomic mass is 10.2. The van der Waals surface area contributed by atoms with Gasteiger partial charge in [-0.05, 0) is 48.9 Å². The number of carbonyl (C=O) groups is 2. The third-order valence-electron chi connectivity index (χ3n) is 3.68. The summed E-state index contributed by atoms with van der Waals surface area (Å²) >= 11 is 5.79. The van der Waals surface area contributed by atoms with Gasteiger partial charge in [-0.1, -0.05) is 11.6 Å². The summed E-state index contributed by atoms with van der Waals surface area (Å²) in [5, 5.41) is 2.91. The predicted octanol–water partition coefficient (Wildman–Crippen LogP) is 3.86. The van der Waals surface area contributed by atoms with Crippen molar-refractivity contribution in [3.05, 3.63) is 58.9 Å². The molecule has 1 aliphatic heterocycles. The standard InChI is InChI=1S/C17H14ClFN2O2/c18-11-3-8-15(19)14(10-11)17(23)20-12-4-6-13(7-5-12)21-9-1-2-16(21)22/h3-8,10H,1-2,9H2,(H,20,23). The summed E-state index contributed by atoms with van der Waals surface area (Å²) in [6.07, 6.45) is 1.41. The van der Waals surface area contributed by atoms with E-state index in [4.69, 9.17) is 11.6 Å². The van der Waals surface area contributed by atoms with Crippen LogP contribution in [0.1, 0.15) is 23.2 Å². The number of halogens is 2. The molecule has 6 heteroatoms. The summed E-state index contributed by atoms with van der Waals surface area (Å²) in [6, 6.07) is 10.7. The van der Waals surface area contributed by atoms with Crippen LogP contribution in [0.3, 0.4) is 0 Å². The molecule has 1 fully saturated rings. The zero-order valence-electron chi connectivity index (χ0n) is 12.2. The normalized spacial score (nSPS) is 14.2. The maximum absolute atomic E-state index is 13.7. The molecule has 4 nitrogen and oxygen atoms in total. The van der Waals surface area contributed by atoms with Gasteiger partial charge in [0.15, 0.2) is 0 Å². The molecule has 2 amide bonds. The van der Waals surface area contributed by atoms with Gasteiger partial charge in [0, 0.05) is 29.4 Å². The van der Waals surface area contributed by atoms with Crippen LogP contribution >= 0.6 is 11.6 Å². The monoisotopic (exact) mass is 332 g/mol. The minimum Gasteiger partial charge on any atom is -0.322 e. The molecule has 1 heterocycles. The molecule has 1 N–H and O–H groups in total. The topological polar surface area (TPSA) is 49.4 Å². The van der Waals surface area contributed by atoms with Crippen molar-refractivity contribution in [1.82, 2.24) is 0 Å². The highest BCUT2D eigenvalue weighted by atomic mass is 35.5. The summed E-state index contributed by atoms with van der Waals surface area (Å²) in [5.41, 5.74) is 1.19. The second-order valence-corrected chi connectivity index (χ2v) is 5.71. The Labute approximate surface area is 137 Å². The fourth-order valence-corrected chi connectivity index (χ4v) is 2.69. The molecule has 1 aliphatic rings. The minimum absolute atomic E-state index is 0.0998. The van der Waals surface area contributed by atoms with E-state index in [0.717, 1.165) is 18.2 Å². The highest BCUT2D eigenvalue weighted by Crippen LogP contribution is 2.23. The van der Waals surface area contributed by atoms with Crippen molar-refractivity contribution in [2.24, 2.45) is 0 Å². The Kier molecular flexibility index (Phi) is 4.30. The molecular weight excluding hydrogens is 319 g/mol. The van der Waals surface area contributed by atoms with Gasteiger partial charge < -0.3 is 10.2 Å². The highest BCUT2D eigenvalue weighted by molar-refractivity contribution is 6.31. The van der Waals surface area contributed by atoms with E-state index in [2.05, 4.69) is 5.32 Å². The zero-order valence-corrected chi connectivity index (χ0v) is 12.9. The lowest BCUT2D eigenvalue weighted by molar-refractivity contribution is -0.117. The number of anilines is 2. The van der Waals surface area contributed by atoms with E-state index in [-0.39, 0.29) is 11.5 Å². The molecule has 3 rings (SSSR count). The van der Waals surface area contributed by atoms with Gasteiger partial charge in [0.2, 0.25) is 5.91 Å². The van der Waals surface area contributed by atoms with Gasteiger partial charge >= 0.3 is 0 Å². The first-order valence-corrected chi connectivity index (χ1v) is 7.59. The quantitative estimate of drug-likeness (QED) is 0.928. The Morgan fingerprint density at radius 3 is 2.57 bits per heavy atom. The SMILES string of the molecule is O=C(Nc1ccc(N2CCCC2=O)cc1)c1cc(Cl)ccc1F. The molecule has 2 aromatic carbocycles. The first-order valence-electron chi connectivity index (χ1n) is 7.21. The molecule has 118 valence electrons. The van der Waals surface area contributed by atoms with Crippen LogP contribution in [-0.4, -0.2) is 18.4 Å². The van der Waals surface area contributed by atoms with Crippen LogP contribution in [0.15, 0.2) is 42.5 Å². The van der Waals surface area contributed by atoms with Gasteiger partial charge in [0.05, 0.1) is 5.56 Å². The highest BCUT2D eigenvalue weighted by Gasteiger charge is 2.21. The zero-order chi connectivity index (χ0) is 16.4. The Morgan fingerprint density at radius 1 is 1.17 bits per heavy atom. The van der Waals surface area contributed by atoms with Crippen LogP contribution in [-0.2, 0) is 4.79 Å². The number of hydrogen-bond donors (Lipinski definition) is 1. The van der Waals surface area contributed by atoms with Crippen LogP contribution in [0.25, 0.3) is 0 Å². The maximum atomic E-state index is 13.7. The lowest BCUT2D eigenvalue weighted by Crippen LogP contribution is -2.23. The number of rotatable bonds is 3. The summed E-state index contributed by atoms with van der Waals surface area (Å²) < 4.78 is 13.7. The number of amides is 2. The third kappa shape index (κ3) is 3.35. The maximum Gasteiger partial charge on any atom is 0.258 e. The van der Waals surface area contributed by atoms with Crippen LogP contribution in [0.4, 0.5) is 15.8 Å². The number of hydrogen-bond acceptors (Lipinski definition) is 2. The average molecular weight is 333 g/mol. The van der Waals surface area contributed by atoms with Gasteiger partial charge in [-0.25, -0.2) is 4.39 Å². The van der Waals surface area contributed by atoms with Crippen LogP contribution in [0, 0.1) is 5.82 Å². The van der Waals surface area contributed by atoms with Crippen molar-refractivity contribution < 1.29 is 14.0 Å². The van der Waals surface area contributed by atoms with Gasteiger partial charge in [-0.2, -0.15) is 0 Å². The Morgan fingerprint density at radius 2 is 1.91 bits per heavy atom. The van der Waals surface area contributed by atoms with E-state index >= 15 is 0 Å². The van der Waals surface area contributed by atoms with Gasteiger partial charge in [0.25, 0.3) is 5.91 Å². The first-order chi connectivity index (χ1) is 11.0. The third-order valence-corrected chi connectivity index (χ3v) is 3.92. The van der Waals surface area contributed by atoms with Crippen molar-refractivity contribution in [3.63, 3.8) is 0 Å². The molecule has 0 spiro atoms. The molecule has 23 heavy (non-hydrogen) atoms. The number of carbonyl (C=O) groups excluding carboxylic acids is 2. The minimum atomic E-state index is -0.633. The van der Waals surface area contributed by atoms with E-state index in [1.54, 1.807) is 29.2 Å². The Balaban J connectivity index is 1.74. The fourth-order valence-electron chi connectivity index (χ4n) is 2.52. The molecule has 0 saturated carbocycles. The Hall–Kier alpha value is -2.40. The molecule has 0 bridgehead atoms. The van der Waals surface area contributed by atoms with Gasteiger partial charge in [-0.15, -0.1) is 0 Å². The smallest absolute Gasteiger partial charge is 0.258 e. The van der Waals surface area contributed by atoms with Gasteiger partial charge in [0.1, 0.15) is 5.82 Å². The molecule has 0 atom stereocenters. The molecule has 2 aromatic rings. The molecule has 0 aliphatic carbocycles. The second kappa shape index (κ2) is 6.38.